The van der Waals surface area contributed by atoms with Gasteiger partial charge in [0.15, 0.2) is 0 Å². The first-order chi connectivity index (χ1) is 9.06. The summed E-state index contributed by atoms with van der Waals surface area (Å²) < 4.78 is 0. The molecule has 100 valence electrons. The average molecular weight is 255 g/mol. The van der Waals surface area contributed by atoms with Crippen LogP contribution < -0.4 is 5.73 Å². The summed E-state index contributed by atoms with van der Waals surface area (Å²) in [5.74, 6) is 0.389. The van der Waals surface area contributed by atoms with E-state index in [1.165, 1.54) is 11.1 Å². The fraction of sp³-hybridized carbons (Fsp3) is 0.294. The molecule has 0 spiro atoms. The molecule has 2 aromatic carbocycles. The molecular formula is C17H21NO. The SMILES string of the molecule is Cc1cc(CC(N)Cc2ccccc2)cc(C)c1O. The maximum Gasteiger partial charge on any atom is 0.121 e. The van der Waals surface area contributed by atoms with Crippen molar-refractivity contribution < 1.29 is 5.11 Å². The van der Waals surface area contributed by atoms with Crippen LogP contribution in [0, 0.1) is 13.8 Å². The average Bonchev–Trinajstić information content (AvgIpc) is 2.37. The van der Waals surface area contributed by atoms with Crippen LogP contribution in [0.25, 0.3) is 0 Å². The van der Waals surface area contributed by atoms with Gasteiger partial charge in [0, 0.05) is 6.04 Å². The molecule has 0 aromatic heterocycles. The van der Waals surface area contributed by atoms with Gasteiger partial charge in [0.25, 0.3) is 0 Å². The van der Waals surface area contributed by atoms with E-state index in [0.717, 1.165) is 24.0 Å². The summed E-state index contributed by atoms with van der Waals surface area (Å²) in [6.07, 6.45) is 1.71. The molecule has 1 unspecified atom stereocenters. The number of aromatic hydroxyl groups is 1. The van der Waals surface area contributed by atoms with Gasteiger partial charge < -0.3 is 10.8 Å². The molecule has 0 saturated carbocycles. The van der Waals surface area contributed by atoms with Crippen molar-refractivity contribution in [3.63, 3.8) is 0 Å². The monoisotopic (exact) mass is 255 g/mol. The summed E-state index contributed by atoms with van der Waals surface area (Å²) in [5, 5.41) is 9.77. The van der Waals surface area contributed by atoms with Crippen LogP contribution in [-0.2, 0) is 12.8 Å². The standard InChI is InChI=1S/C17H21NO/c1-12-8-15(9-13(2)17(12)19)11-16(18)10-14-6-4-3-5-7-14/h3-9,16,19H,10-11,18H2,1-2H3. The van der Waals surface area contributed by atoms with Gasteiger partial charge in [-0.15, -0.1) is 0 Å². The number of phenolic OH excluding ortho intramolecular Hbond substituents is 1. The maximum atomic E-state index is 9.77. The van der Waals surface area contributed by atoms with Gasteiger partial charge in [-0.05, 0) is 48.9 Å². The lowest BCUT2D eigenvalue weighted by Crippen LogP contribution is -2.25. The predicted octanol–water partition coefficient (Wildman–Crippen LogP) is 3.12. The Balaban J connectivity index is 2.05. The quantitative estimate of drug-likeness (QED) is 0.881. The summed E-state index contributed by atoms with van der Waals surface area (Å²) in [6, 6.07) is 14.4. The minimum atomic E-state index is 0.103. The molecule has 0 fully saturated rings. The Morgan fingerprint density at radius 1 is 0.947 bits per heavy atom. The topological polar surface area (TPSA) is 46.2 Å². The third-order valence-electron chi connectivity index (χ3n) is 3.39. The van der Waals surface area contributed by atoms with Crippen LogP contribution in [-0.4, -0.2) is 11.1 Å². The molecule has 19 heavy (non-hydrogen) atoms. The molecule has 0 amide bonds. The normalized spacial score (nSPS) is 12.4. The number of nitrogens with two attached hydrogens (primary N) is 1. The Kier molecular flexibility index (Phi) is 4.23. The zero-order valence-corrected chi connectivity index (χ0v) is 11.6. The predicted molar refractivity (Wildman–Crippen MR) is 79.4 cm³/mol. The molecule has 0 bridgehead atoms. The van der Waals surface area contributed by atoms with E-state index in [9.17, 15) is 5.11 Å². The van der Waals surface area contributed by atoms with Gasteiger partial charge in [-0.1, -0.05) is 42.5 Å². The first-order valence-electron chi connectivity index (χ1n) is 6.65. The van der Waals surface area contributed by atoms with Crippen LogP contribution in [0.2, 0.25) is 0 Å². The second-order valence-corrected chi connectivity index (χ2v) is 5.23. The molecule has 0 saturated heterocycles. The van der Waals surface area contributed by atoms with E-state index in [1.54, 1.807) is 0 Å². The molecule has 0 aliphatic carbocycles. The highest BCUT2D eigenvalue weighted by Crippen LogP contribution is 2.23. The van der Waals surface area contributed by atoms with Crippen molar-refractivity contribution in [3.8, 4) is 5.75 Å². The molecule has 3 N–H and O–H groups in total. The second kappa shape index (κ2) is 5.89. The first kappa shape index (κ1) is 13.6. The minimum Gasteiger partial charge on any atom is -0.507 e. The van der Waals surface area contributed by atoms with E-state index >= 15 is 0 Å². The van der Waals surface area contributed by atoms with Crippen molar-refractivity contribution in [1.29, 1.82) is 0 Å². The summed E-state index contributed by atoms with van der Waals surface area (Å²) in [4.78, 5) is 0. The van der Waals surface area contributed by atoms with Crippen molar-refractivity contribution in [1.82, 2.24) is 0 Å². The smallest absolute Gasteiger partial charge is 0.121 e. The summed E-state index contributed by atoms with van der Waals surface area (Å²) in [7, 11) is 0. The fourth-order valence-corrected chi connectivity index (χ4v) is 2.46. The van der Waals surface area contributed by atoms with Crippen LogP contribution in [0.1, 0.15) is 22.3 Å². The van der Waals surface area contributed by atoms with Gasteiger partial charge in [-0.2, -0.15) is 0 Å². The largest absolute Gasteiger partial charge is 0.507 e. The number of rotatable bonds is 4. The molecule has 2 rings (SSSR count). The van der Waals surface area contributed by atoms with E-state index in [4.69, 9.17) is 5.73 Å². The van der Waals surface area contributed by atoms with Crippen LogP contribution in [0.3, 0.4) is 0 Å². The molecule has 0 aliphatic heterocycles. The summed E-state index contributed by atoms with van der Waals surface area (Å²) >= 11 is 0. The van der Waals surface area contributed by atoms with Crippen molar-refractivity contribution in [3.05, 3.63) is 64.7 Å². The Morgan fingerprint density at radius 3 is 2.05 bits per heavy atom. The number of benzene rings is 2. The Bertz CT molecular complexity index is 525. The van der Waals surface area contributed by atoms with Crippen LogP contribution in [0.4, 0.5) is 0 Å². The van der Waals surface area contributed by atoms with Crippen molar-refractivity contribution in [2.45, 2.75) is 32.7 Å². The molecule has 0 heterocycles. The fourth-order valence-electron chi connectivity index (χ4n) is 2.46. The molecule has 1 atom stereocenters. The maximum absolute atomic E-state index is 9.77. The second-order valence-electron chi connectivity index (χ2n) is 5.23. The van der Waals surface area contributed by atoms with E-state index < -0.39 is 0 Å². The van der Waals surface area contributed by atoms with Crippen molar-refractivity contribution >= 4 is 0 Å². The number of hydrogen-bond acceptors (Lipinski definition) is 2. The van der Waals surface area contributed by atoms with Gasteiger partial charge in [0.1, 0.15) is 5.75 Å². The van der Waals surface area contributed by atoms with Gasteiger partial charge in [-0.25, -0.2) is 0 Å². The zero-order valence-electron chi connectivity index (χ0n) is 11.6. The van der Waals surface area contributed by atoms with Crippen LogP contribution >= 0.6 is 0 Å². The van der Waals surface area contributed by atoms with Gasteiger partial charge >= 0.3 is 0 Å². The molecule has 2 nitrogen and oxygen atoms in total. The lowest BCUT2D eigenvalue weighted by atomic mass is 9.97. The van der Waals surface area contributed by atoms with Gasteiger partial charge in [-0.3, -0.25) is 0 Å². The highest BCUT2D eigenvalue weighted by atomic mass is 16.3. The Hall–Kier alpha value is -1.80. The first-order valence-corrected chi connectivity index (χ1v) is 6.65. The van der Waals surface area contributed by atoms with E-state index in [2.05, 4.69) is 12.1 Å². The highest BCUT2D eigenvalue weighted by Gasteiger charge is 2.08. The summed E-state index contributed by atoms with van der Waals surface area (Å²) in [6.45, 7) is 3.85. The highest BCUT2D eigenvalue weighted by molar-refractivity contribution is 5.42. The van der Waals surface area contributed by atoms with Gasteiger partial charge in [0.2, 0.25) is 0 Å². The Morgan fingerprint density at radius 2 is 1.47 bits per heavy atom. The molecular weight excluding hydrogens is 234 g/mol. The third-order valence-corrected chi connectivity index (χ3v) is 3.39. The summed E-state index contributed by atoms with van der Waals surface area (Å²) in [5.41, 5.74) is 10.5. The lowest BCUT2D eigenvalue weighted by molar-refractivity contribution is 0.466. The lowest BCUT2D eigenvalue weighted by Gasteiger charge is -2.14. The zero-order chi connectivity index (χ0) is 13.8. The number of aryl methyl sites for hydroxylation is 2. The van der Waals surface area contributed by atoms with Crippen molar-refractivity contribution in [2.75, 3.05) is 0 Å². The number of hydrogen-bond donors (Lipinski definition) is 2. The third kappa shape index (κ3) is 3.58. The molecule has 2 aromatic rings. The molecule has 0 radical (unpaired) electrons. The van der Waals surface area contributed by atoms with Crippen LogP contribution in [0.5, 0.6) is 5.75 Å². The van der Waals surface area contributed by atoms with E-state index in [0.29, 0.717) is 5.75 Å². The number of phenols is 1. The minimum absolute atomic E-state index is 0.103. The molecule has 2 heteroatoms. The van der Waals surface area contributed by atoms with Crippen LogP contribution in [0.15, 0.2) is 42.5 Å². The van der Waals surface area contributed by atoms with Crippen molar-refractivity contribution in [2.24, 2.45) is 5.73 Å². The Labute approximate surface area is 114 Å². The van der Waals surface area contributed by atoms with E-state index in [-0.39, 0.29) is 6.04 Å². The molecule has 0 aliphatic rings. The van der Waals surface area contributed by atoms with E-state index in [1.807, 2.05) is 44.2 Å². The van der Waals surface area contributed by atoms with Gasteiger partial charge in [0.05, 0.1) is 0 Å².